The number of esters is 1. The largest absolute Gasteiger partial charge is 0.597 e. The highest BCUT2D eigenvalue weighted by Crippen LogP contribution is 2.69. The summed E-state index contributed by atoms with van der Waals surface area (Å²) in [6.45, 7) is 2.12. The maximum atomic E-state index is 12.2. The van der Waals surface area contributed by atoms with Crippen LogP contribution in [0.3, 0.4) is 0 Å². The van der Waals surface area contributed by atoms with Gasteiger partial charge in [0.25, 0.3) is 0 Å². The van der Waals surface area contributed by atoms with Crippen LogP contribution < -0.4 is 25.1 Å². The van der Waals surface area contributed by atoms with E-state index < -0.39 is 21.6 Å². The molecule has 3 fully saturated rings. The minimum atomic E-state index is -0.976. The third-order valence-electron chi connectivity index (χ3n) is 5.80. The first-order chi connectivity index (χ1) is 9.11. The molecule has 0 radical (unpaired) electrons. The maximum absolute atomic E-state index is 12.2. The molecule has 2 saturated carbocycles. The first kappa shape index (κ1) is 12.6. The second-order valence-electron chi connectivity index (χ2n) is 6.83. The molecule has 104 valence electrons. The maximum Gasteiger partial charge on any atom is 0.309 e. The van der Waals surface area contributed by atoms with Crippen LogP contribution in [0, 0.1) is 17.3 Å². The van der Waals surface area contributed by atoms with Gasteiger partial charge in [0.2, 0.25) is 21.6 Å². The number of carbonyl (C=O) groups is 1. The normalized spacial score (nSPS) is 46.3. The molecule has 1 unspecified atom stereocenters. The summed E-state index contributed by atoms with van der Waals surface area (Å²) in [5.41, 5.74) is 1.34. The molecule has 2 bridgehead atoms. The Balaban J connectivity index is 1.84. The topological polar surface area (TPSA) is 49.4 Å². The van der Waals surface area contributed by atoms with Gasteiger partial charge in [-0.3, -0.25) is 4.79 Å². The van der Waals surface area contributed by atoms with Crippen molar-refractivity contribution in [3.8, 4) is 0 Å². The van der Waals surface area contributed by atoms with Crippen LogP contribution in [0.4, 0.5) is 0 Å². The van der Waals surface area contributed by atoms with Crippen molar-refractivity contribution < 1.29 is 34.6 Å². The number of carbonyl (C=O) groups excluding carboxylic acids is 1. The van der Waals surface area contributed by atoms with Crippen molar-refractivity contribution in [1.29, 1.82) is 0 Å². The zero-order valence-corrected chi connectivity index (χ0v) is 13.3. The minimum absolute atomic E-state index is 0.0312. The van der Waals surface area contributed by atoms with E-state index >= 15 is 0 Å². The molecule has 3 aliphatic carbocycles. The molecule has 1 aliphatic heterocycles. The average Bonchev–Trinajstić information content (AvgIpc) is 3.08. The fourth-order valence-corrected chi connectivity index (χ4v) is 6.83. The average molecular weight is 374 g/mol. The molecule has 3 nitrogen and oxygen atoms in total. The lowest BCUT2D eigenvalue weighted by Gasteiger charge is -2.43. The molecule has 0 aromatic carbocycles. The second kappa shape index (κ2) is 3.97. The first-order valence-electron chi connectivity index (χ1n) is 7.30. The Morgan fingerprint density at radius 3 is 2.89 bits per heavy atom. The Morgan fingerprint density at radius 1 is 1.42 bits per heavy atom. The van der Waals surface area contributed by atoms with Crippen LogP contribution in [-0.4, -0.2) is 15.5 Å². The number of hydrogen-bond acceptors (Lipinski definition) is 3. The van der Waals surface area contributed by atoms with Crippen LogP contribution >= 0.6 is 0 Å². The van der Waals surface area contributed by atoms with Gasteiger partial charge in [-0.25, -0.2) is 0 Å². The van der Waals surface area contributed by atoms with Crippen molar-refractivity contribution in [3.05, 3.63) is 11.6 Å². The standard InChI is InChI=1S/C15H19IO3/c1-14-6-5-10-11(16-18)4-2-3-9(13(17)19-14)12(14)15(10)7-8-15/h5,9,11-12H,2-4,6-8H2,1H3/t9-,11-,12?,14+/m1/s1. The number of alkyl halides is 1. The lowest BCUT2D eigenvalue weighted by Crippen LogP contribution is -3.73. The summed E-state index contributed by atoms with van der Waals surface area (Å²) in [5, 5.41) is 0. The van der Waals surface area contributed by atoms with Gasteiger partial charge in [0.05, 0.1) is 5.92 Å². The SMILES string of the molecule is C[C@@]12CC=C3[C@H]([I+][O-])CCC[C@@H](C(=O)O1)C2C31CC1. The van der Waals surface area contributed by atoms with Gasteiger partial charge in [-0.1, -0.05) is 6.08 Å². The van der Waals surface area contributed by atoms with E-state index in [0.717, 1.165) is 25.7 Å². The smallest absolute Gasteiger partial charge is 0.309 e. The van der Waals surface area contributed by atoms with Gasteiger partial charge in [-0.05, 0) is 44.6 Å². The van der Waals surface area contributed by atoms with Gasteiger partial charge in [0, 0.05) is 17.8 Å². The Hall–Kier alpha value is -0.100. The summed E-state index contributed by atoms with van der Waals surface area (Å²) in [6, 6.07) is 0. The summed E-state index contributed by atoms with van der Waals surface area (Å²) < 4.78 is 17.8. The predicted octanol–water partition coefficient (Wildman–Crippen LogP) is -1.44. The van der Waals surface area contributed by atoms with Crippen molar-refractivity contribution in [2.75, 3.05) is 0 Å². The molecule has 19 heavy (non-hydrogen) atoms. The molecule has 1 saturated heterocycles. The summed E-state index contributed by atoms with van der Waals surface area (Å²) in [7, 11) is 0. The molecule has 0 N–H and O–H groups in total. The van der Waals surface area contributed by atoms with E-state index in [1.165, 1.54) is 18.4 Å². The molecule has 1 heterocycles. The molecule has 4 rings (SSSR count). The molecule has 0 aromatic heterocycles. The van der Waals surface area contributed by atoms with Gasteiger partial charge in [0.1, 0.15) is 5.60 Å². The Morgan fingerprint density at radius 2 is 2.21 bits per heavy atom. The Labute approximate surface area is 124 Å². The van der Waals surface area contributed by atoms with Gasteiger partial charge in [-0.15, -0.1) is 0 Å². The highest BCUT2D eigenvalue weighted by molar-refractivity contribution is 5.77. The fraction of sp³-hybridized carbons (Fsp3) is 0.800. The van der Waals surface area contributed by atoms with Crippen molar-refractivity contribution in [2.45, 2.75) is 55.0 Å². The van der Waals surface area contributed by atoms with Crippen molar-refractivity contribution in [2.24, 2.45) is 17.3 Å². The fourth-order valence-electron chi connectivity index (χ4n) is 4.99. The Bertz CT molecular complexity index is 468. The predicted molar refractivity (Wildman–Crippen MR) is 63.5 cm³/mol. The molecular formula is C15H19IO3. The third-order valence-corrected chi connectivity index (χ3v) is 7.71. The zero-order valence-electron chi connectivity index (χ0n) is 11.2. The van der Waals surface area contributed by atoms with E-state index in [4.69, 9.17) is 4.74 Å². The van der Waals surface area contributed by atoms with E-state index in [-0.39, 0.29) is 22.9 Å². The number of halogens is 1. The second-order valence-corrected chi connectivity index (χ2v) is 8.84. The quantitative estimate of drug-likeness (QED) is 0.245. The van der Waals surface area contributed by atoms with E-state index in [2.05, 4.69) is 13.0 Å². The Kier molecular flexibility index (Phi) is 2.64. The van der Waals surface area contributed by atoms with Crippen LogP contribution in [0.1, 0.15) is 45.4 Å². The number of hydrogen-bond donors (Lipinski definition) is 0. The first-order valence-corrected chi connectivity index (χ1v) is 9.42. The molecular weight excluding hydrogens is 355 g/mol. The van der Waals surface area contributed by atoms with Crippen molar-refractivity contribution in [3.63, 3.8) is 0 Å². The molecule has 4 aliphatic rings. The molecule has 4 heteroatoms. The van der Waals surface area contributed by atoms with Crippen LogP contribution in [0.2, 0.25) is 0 Å². The van der Waals surface area contributed by atoms with Gasteiger partial charge < -0.3 is 8.17 Å². The third kappa shape index (κ3) is 1.56. The molecule has 1 spiro atoms. The van der Waals surface area contributed by atoms with Gasteiger partial charge in [0.15, 0.2) is 3.92 Å². The molecule has 0 amide bonds. The monoisotopic (exact) mass is 374 g/mol. The lowest BCUT2D eigenvalue weighted by molar-refractivity contribution is -1.16. The van der Waals surface area contributed by atoms with Crippen molar-refractivity contribution >= 4 is 5.97 Å². The number of ether oxygens (including phenoxy) is 1. The van der Waals surface area contributed by atoms with E-state index in [9.17, 15) is 8.23 Å². The lowest BCUT2D eigenvalue weighted by atomic mass is 9.61. The van der Waals surface area contributed by atoms with Crippen LogP contribution in [0.15, 0.2) is 11.6 Å². The minimum Gasteiger partial charge on any atom is -0.597 e. The highest BCUT2D eigenvalue weighted by Gasteiger charge is 2.69. The van der Waals surface area contributed by atoms with Crippen LogP contribution in [-0.2, 0) is 9.53 Å². The van der Waals surface area contributed by atoms with E-state index in [1.54, 1.807) is 0 Å². The zero-order chi connectivity index (χ0) is 13.3. The number of allylic oxidation sites excluding steroid dienone is 1. The summed E-state index contributed by atoms with van der Waals surface area (Å²) in [6.07, 6.45) is 8.43. The molecule has 4 atom stereocenters. The van der Waals surface area contributed by atoms with E-state index in [0.29, 0.717) is 9.84 Å². The summed E-state index contributed by atoms with van der Waals surface area (Å²) in [4.78, 5) is 12.2. The van der Waals surface area contributed by atoms with E-state index in [1.807, 2.05) is 0 Å². The van der Waals surface area contributed by atoms with Gasteiger partial charge in [-0.2, -0.15) is 0 Å². The number of rotatable bonds is 1. The van der Waals surface area contributed by atoms with Crippen LogP contribution in [0.25, 0.3) is 0 Å². The van der Waals surface area contributed by atoms with Gasteiger partial charge >= 0.3 is 5.97 Å². The van der Waals surface area contributed by atoms with Crippen molar-refractivity contribution in [1.82, 2.24) is 0 Å². The van der Waals surface area contributed by atoms with Crippen LogP contribution in [0.5, 0.6) is 0 Å². The summed E-state index contributed by atoms with van der Waals surface area (Å²) >= 11 is -0.976. The highest BCUT2D eigenvalue weighted by atomic mass is 127. The summed E-state index contributed by atoms with van der Waals surface area (Å²) in [5.74, 6) is 0.483. The molecule has 0 aromatic rings.